The quantitative estimate of drug-likeness (QED) is 0.652. The third kappa shape index (κ3) is 4.61. The lowest BCUT2D eigenvalue weighted by Gasteiger charge is -2.26. The molecule has 1 aromatic heterocycles. The van der Waals surface area contributed by atoms with Crippen LogP contribution in [0.3, 0.4) is 0 Å². The van der Waals surface area contributed by atoms with Crippen LogP contribution >= 0.6 is 0 Å². The Morgan fingerprint density at radius 2 is 1.61 bits per heavy atom. The second-order valence-electron chi connectivity index (χ2n) is 7.72. The molecule has 0 bridgehead atoms. The molecule has 0 saturated carbocycles. The Balaban J connectivity index is 1.58. The first-order valence-corrected chi connectivity index (χ1v) is 11.7. The SMILES string of the molecule is Cc1ccc(Nc2ccc(-c3ccc(C)c(S(=O)(=O)N4CCOCC4)c3)nn2)cc1C. The van der Waals surface area contributed by atoms with E-state index in [1.54, 1.807) is 13.0 Å². The number of hydrogen-bond donors (Lipinski definition) is 1. The Bertz CT molecular complexity index is 1190. The Morgan fingerprint density at radius 1 is 0.871 bits per heavy atom. The second kappa shape index (κ2) is 8.74. The maximum atomic E-state index is 13.1. The van der Waals surface area contributed by atoms with E-state index in [1.807, 2.05) is 30.3 Å². The van der Waals surface area contributed by atoms with Crippen LogP contribution in [0, 0.1) is 20.8 Å². The van der Waals surface area contributed by atoms with Crippen LogP contribution in [-0.4, -0.2) is 49.2 Å². The van der Waals surface area contributed by atoms with Gasteiger partial charge in [-0.15, -0.1) is 10.2 Å². The average Bonchev–Trinajstić information content (AvgIpc) is 2.78. The minimum absolute atomic E-state index is 0.297. The summed E-state index contributed by atoms with van der Waals surface area (Å²) in [5.74, 6) is 0.625. The van der Waals surface area contributed by atoms with Gasteiger partial charge in [-0.2, -0.15) is 4.31 Å². The number of anilines is 2. The summed E-state index contributed by atoms with van der Waals surface area (Å²) in [6.07, 6.45) is 0. The molecule has 0 atom stereocenters. The van der Waals surface area contributed by atoms with Crippen molar-refractivity contribution in [3.8, 4) is 11.3 Å². The molecule has 0 amide bonds. The standard InChI is InChI=1S/C23H26N4O3S/c1-16-5-7-20(14-18(16)3)24-23-9-8-21(25-26-23)19-6-4-17(2)22(15-19)31(28,29)27-10-12-30-13-11-27/h4-9,14-15H,10-13H2,1-3H3,(H,24,26). The molecule has 8 heteroatoms. The molecule has 7 nitrogen and oxygen atoms in total. The fraction of sp³-hybridized carbons (Fsp3) is 0.304. The number of nitrogens with one attached hydrogen (secondary N) is 1. The molecule has 1 N–H and O–H groups in total. The lowest BCUT2D eigenvalue weighted by molar-refractivity contribution is 0.0730. The topological polar surface area (TPSA) is 84.4 Å². The first-order valence-electron chi connectivity index (χ1n) is 10.2. The highest BCUT2D eigenvalue weighted by Gasteiger charge is 2.28. The van der Waals surface area contributed by atoms with Crippen LogP contribution in [0.4, 0.5) is 11.5 Å². The molecule has 1 saturated heterocycles. The Morgan fingerprint density at radius 3 is 2.29 bits per heavy atom. The summed E-state index contributed by atoms with van der Waals surface area (Å²) >= 11 is 0. The highest BCUT2D eigenvalue weighted by atomic mass is 32.2. The van der Waals surface area contributed by atoms with Gasteiger partial charge in [0.05, 0.1) is 23.8 Å². The normalized spacial score (nSPS) is 15.1. The van der Waals surface area contributed by atoms with Gasteiger partial charge >= 0.3 is 0 Å². The van der Waals surface area contributed by atoms with Crippen LogP contribution in [0.25, 0.3) is 11.3 Å². The third-order valence-electron chi connectivity index (χ3n) is 5.52. The van der Waals surface area contributed by atoms with E-state index in [-0.39, 0.29) is 0 Å². The van der Waals surface area contributed by atoms with E-state index in [2.05, 4.69) is 41.5 Å². The van der Waals surface area contributed by atoms with E-state index in [4.69, 9.17) is 4.74 Å². The lowest BCUT2D eigenvalue weighted by Crippen LogP contribution is -2.40. The minimum atomic E-state index is -3.59. The molecule has 1 aliphatic heterocycles. The van der Waals surface area contributed by atoms with Gasteiger partial charge in [-0.3, -0.25) is 0 Å². The van der Waals surface area contributed by atoms with Crippen molar-refractivity contribution in [3.63, 3.8) is 0 Å². The lowest BCUT2D eigenvalue weighted by atomic mass is 10.1. The molecule has 2 aromatic carbocycles. The van der Waals surface area contributed by atoms with Crippen LogP contribution in [0.5, 0.6) is 0 Å². The van der Waals surface area contributed by atoms with E-state index < -0.39 is 10.0 Å². The van der Waals surface area contributed by atoms with Gasteiger partial charge in [0.1, 0.15) is 0 Å². The van der Waals surface area contributed by atoms with E-state index in [0.717, 1.165) is 5.69 Å². The van der Waals surface area contributed by atoms with Crippen molar-refractivity contribution in [1.29, 1.82) is 0 Å². The van der Waals surface area contributed by atoms with Gasteiger partial charge in [0, 0.05) is 24.3 Å². The van der Waals surface area contributed by atoms with E-state index in [1.165, 1.54) is 15.4 Å². The van der Waals surface area contributed by atoms with Crippen LogP contribution in [0.15, 0.2) is 53.4 Å². The van der Waals surface area contributed by atoms with E-state index >= 15 is 0 Å². The first-order chi connectivity index (χ1) is 14.8. The van der Waals surface area contributed by atoms with Crippen molar-refractivity contribution >= 4 is 21.5 Å². The number of ether oxygens (including phenoxy) is 1. The molecular weight excluding hydrogens is 412 g/mol. The Hall–Kier alpha value is -2.81. The zero-order chi connectivity index (χ0) is 22.0. The van der Waals surface area contributed by atoms with Crippen LogP contribution in [-0.2, 0) is 14.8 Å². The summed E-state index contributed by atoms with van der Waals surface area (Å²) < 4.78 is 33.0. The molecule has 0 radical (unpaired) electrons. The largest absolute Gasteiger partial charge is 0.379 e. The number of aromatic nitrogens is 2. The number of sulfonamides is 1. The predicted octanol–water partition coefficient (Wildman–Crippen LogP) is 3.83. The number of nitrogens with zero attached hydrogens (tertiary/aromatic N) is 3. The van der Waals surface area contributed by atoms with Gasteiger partial charge in [-0.25, -0.2) is 8.42 Å². The van der Waals surface area contributed by atoms with Crippen molar-refractivity contribution < 1.29 is 13.2 Å². The van der Waals surface area contributed by atoms with Gasteiger partial charge in [0.25, 0.3) is 0 Å². The summed E-state index contributed by atoms with van der Waals surface area (Å²) in [4.78, 5) is 0.297. The highest BCUT2D eigenvalue weighted by molar-refractivity contribution is 7.89. The molecule has 1 aliphatic rings. The molecular formula is C23H26N4O3S. The highest BCUT2D eigenvalue weighted by Crippen LogP contribution is 2.27. The maximum absolute atomic E-state index is 13.1. The van der Waals surface area contributed by atoms with Crippen LogP contribution in [0.2, 0.25) is 0 Å². The van der Waals surface area contributed by atoms with Crippen molar-refractivity contribution in [3.05, 3.63) is 65.2 Å². The van der Waals surface area contributed by atoms with E-state index in [0.29, 0.717) is 53.8 Å². The van der Waals surface area contributed by atoms with Crippen molar-refractivity contribution in [2.24, 2.45) is 0 Å². The smallest absolute Gasteiger partial charge is 0.243 e. The number of aryl methyl sites for hydroxylation is 3. The Kier molecular flexibility index (Phi) is 6.04. The van der Waals surface area contributed by atoms with Crippen LogP contribution in [0.1, 0.15) is 16.7 Å². The molecule has 3 aromatic rings. The zero-order valence-corrected chi connectivity index (χ0v) is 18.7. The second-order valence-corrected chi connectivity index (χ2v) is 9.63. The van der Waals surface area contributed by atoms with Gasteiger partial charge in [0.2, 0.25) is 10.0 Å². The summed E-state index contributed by atoms with van der Waals surface area (Å²) in [6, 6.07) is 15.2. The molecule has 2 heterocycles. The van der Waals surface area contributed by atoms with Crippen molar-refractivity contribution in [1.82, 2.24) is 14.5 Å². The number of rotatable bonds is 5. The number of benzene rings is 2. The van der Waals surface area contributed by atoms with Crippen LogP contribution < -0.4 is 5.32 Å². The molecule has 0 spiro atoms. The molecule has 0 unspecified atom stereocenters. The summed E-state index contributed by atoms with van der Waals surface area (Å²) in [6.45, 7) is 7.50. The van der Waals surface area contributed by atoms with Gasteiger partial charge in [0.15, 0.2) is 5.82 Å². The average molecular weight is 439 g/mol. The van der Waals surface area contributed by atoms with Gasteiger partial charge < -0.3 is 10.1 Å². The third-order valence-corrected chi connectivity index (χ3v) is 7.56. The number of morpholine rings is 1. The molecule has 4 rings (SSSR count). The molecule has 31 heavy (non-hydrogen) atoms. The fourth-order valence-electron chi connectivity index (χ4n) is 3.48. The Labute approximate surface area is 183 Å². The fourth-order valence-corrected chi connectivity index (χ4v) is 5.14. The number of hydrogen-bond acceptors (Lipinski definition) is 6. The summed E-state index contributed by atoms with van der Waals surface area (Å²) in [5, 5.41) is 11.8. The summed E-state index contributed by atoms with van der Waals surface area (Å²) in [5.41, 5.74) is 5.40. The van der Waals surface area contributed by atoms with Gasteiger partial charge in [-0.1, -0.05) is 18.2 Å². The monoisotopic (exact) mass is 438 g/mol. The van der Waals surface area contributed by atoms with Crippen molar-refractivity contribution in [2.75, 3.05) is 31.6 Å². The summed E-state index contributed by atoms with van der Waals surface area (Å²) in [7, 11) is -3.59. The molecule has 0 aliphatic carbocycles. The van der Waals surface area contributed by atoms with E-state index in [9.17, 15) is 8.42 Å². The maximum Gasteiger partial charge on any atom is 0.243 e. The zero-order valence-electron chi connectivity index (χ0n) is 17.9. The molecule has 162 valence electrons. The van der Waals surface area contributed by atoms with Gasteiger partial charge in [-0.05, 0) is 67.8 Å². The predicted molar refractivity (Wildman–Crippen MR) is 121 cm³/mol. The molecule has 1 fully saturated rings. The minimum Gasteiger partial charge on any atom is -0.379 e. The first kappa shape index (κ1) is 21.4. The van der Waals surface area contributed by atoms with Crippen molar-refractivity contribution in [2.45, 2.75) is 25.7 Å².